The molecule has 1 saturated heterocycles. The van der Waals surface area contributed by atoms with E-state index < -0.39 is 11.7 Å². The van der Waals surface area contributed by atoms with E-state index in [1.807, 2.05) is 32.9 Å². The first-order chi connectivity index (χ1) is 9.33. The maximum absolute atomic E-state index is 11.8. The van der Waals surface area contributed by atoms with Gasteiger partial charge in [0, 0.05) is 23.6 Å². The van der Waals surface area contributed by atoms with Gasteiger partial charge in [0.15, 0.2) is 0 Å². The molecule has 1 aliphatic heterocycles. The lowest BCUT2D eigenvalue weighted by Crippen LogP contribution is -2.50. The first-order valence-electron chi connectivity index (χ1n) is 6.50. The zero-order valence-electron chi connectivity index (χ0n) is 11.8. The van der Waals surface area contributed by atoms with Gasteiger partial charge in [-0.3, -0.25) is 5.32 Å². The number of benzene rings is 1. The predicted molar refractivity (Wildman–Crippen MR) is 81.3 cm³/mol. The van der Waals surface area contributed by atoms with E-state index in [0.29, 0.717) is 5.69 Å². The van der Waals surface area contributed by atoms with Crippen molar-refractivity contribution >= 4 is 27.7 Å². The molecule has 0 aliphatic carbocycles. The fourth-order valence-electron chi connectivity index (χ4n) is 1.63. The Balaban J connectivity index is 2.02. The molecule has 0 radical (unpaired) electrons. The molecule has 5 nitrogen and oxygen atoms in total. The number of nitrogens with one attached hydrogen (secondary N) is 2. The van der Waals surface area contributed by atoms with E-state index in [4.69, 9.17) is 9.47 Å². The molecule has 110 valence electrons. The minimum atomic E-state index is -0.526. The summed E-state index contributed by atoms with van der Waals surface area (Å²) in [7, 11) is 0. The van der Waals surface area contributed by atoms with Crippen LogP contribution >= 0.6 is 15.9 Å². The van der Waals surface area contributed by atoms with Crippen LogP contribution < -0.4 is 15.4 Å². The van der Waals surface area contributed by atoms with Crippen molar-refractivity contribution in [1.82, 2.24) is 5.32 Å². The van der Waals surface area contributed by atoms with E-state index in [2.05, 4.69) is 26.6 Å². The van der Waals surface area contributed by atoms with Gasteiger partial charge >= 0.3 is 6.09 Å². The molecular weight excluding hydrogens is 324 g/mol. The molecule has 2 rings (SSSR count). The van der Waals surface area contributed by atoms with Crippen LogP contribution in [-0.4, -0.2) is 30.9 Å². The normalized spacial score (nSPS) is 15.4. The summed E-state index contributed by atoms with van der Waals surface area (Å²) in [5, 5.41) is 5.85. The summed E-state index contributed by atoms with van der Waals surface area (Å²) < 4.78 is 11.8. The molecule has 1 heterocycles. The first kappa shape index (κ1) is 15.1. The Labute approximate surface area is 127 Å². The molecule has 6 heteroatoms. The fraction of sp³-hybridized carbons (Fsp3) is 0.500. The Kier molecular flexibility index (Phi) is 4.55. The number of amides is 1. The van der Waals surface area contributed by atoms with E-state index in [1.54, 1.807) is 6.07 Å². The summed E-state index contributed by atoms with van der Waals surface area (Å²) in [6, 6.07) is 5.49. The topological polar surface area (TPSA) is 59.6 Å². The number of hydrogen-bond acceptors (Lipinski definition) is 4. The number of carbonyl (C=O) groups is 1. The van der Waals surface area contributed by atoms with E-state index in [9.17, 15) is 4.79 Å². The van der Waals surface area contributed by atoms with Gasteiger partial charge in [-0.05, 0) is 48.8 Å². The van der Waals surface area contributed by atoms with E-state index in [-0.39, 0.29) is 6.10 Å². The molecule has 0 bridgehead atoms. The van der Waals surface area contributed by atoms with Crippen LogP contribution in [-0.2, 0) is 4.74 Å². The quantitative estimate of drug-likeness (QED) is 0.885. The highest BCUT2D eigenvalue weighted by Gasteiger charge is 2.20. The van der Waals surface area contributed by atoms with Crippen molar-refractivity contribution in [3.05, 3.63) is 22.7 Å². The van der Waals surface area contributed by atoms with Gasteiger partial charge in [0.1, 0.15) is 17.5 Å². The van der Waals surface area contributed by atoms with Gasteiger partial charge in [0.2, 0.25) is 0 Å². The second kappa shape index (κ2) is 6.01. The van der Waals surface area contributed by atoms with Gasteiger partial charge in [-0.25, -0.2) is 4.79 Å². The summed E-state index contributed by atoms with van der Waals surface area (Å²) in [6.07, 6.45) is -0.286. The lowest BCUT2D eigenvalue weighted by Gasteiger charge is -2.28. The molecule has 1 fully saturated rings. The highest BCUT2D eigenvalue weighted by molar-refractivity contribution is 9.10. The highest BCUT2D eigenvalue weighted by Crippen LogP contribution is 2.28. The third kappa shape index (κ3) is 4.38. The number of carbonyl (C=O) groups excluding carboxylic acids is 1. The summed E-state index contributed by atoms with van der Waals surface area (Å²) in [4.78, 5) is 11.8. The summed E-state index contributed by atoms with van der Waals surface area (Å²) in [5.41, 5.74) is 0.103. The van der Waals surface area contributed by atoms with Crippen LogP contribution in [0.4, 0.5) is 10.5 Å². The zero-order chi connectivity index (χ0) is 14.8. The zero-order valence-corrected chi connectivity index (χ0v) is 13.4. The summed E-state index contributed by atoms with van der Waals surface area (Å²) >= 11 is 3.40. The smallest absolute Gasteiger partial charge is 0.412 e. The Morgan fingerprint density at radius 2 is 2.10 bits per heavy atom. The SMILES string of the molecule is CC(C)(C)OC(=O)Nc1cc(OC2CNC2)ccc1Br. The first-order valence-corrected chi connectivity index (χ1v) is 7.30. The maximum atomic E-state index is 11.8. The molecule has 1 aromatic rings. The molecule has 0 aromatic heterocycles. The Hall–Kier alpha value is -1.27. The molecule has 0 saturated carbocycles. The second-order valence-electron chi connectivity index (χ2n) is 5.67. The second-order valence-corrected chi connectivity index (χ2v) is 6.52. The van der Waals surface area contributed by atoms with Crippen LogP contribution in [0.15, 0.2) is 22.7 Å². The Bertz CT molecular complexity index is 496. The van der Waals surface area contributed by atoms with Crippen molar-refractivity contribution < 1.29 is 14.3 Å². The minimum Gasteiger partial charge on any atom is -0.488 e. The number of anilines is 1. The molecule has 0 spiro atoms. The Morgan fingerprint density at radius 1 is 1.40 bits per heavy atom. The average Bonchev–Trinajstić information content (AvgIpc) is 2.25. The van der Waals surface area contributed by atoms with E-state index in [1.165, 1.54) is 0 Å². The third-order valence-corrected chi connectivity index (χ3v) is 3.31. The molecule has 1 aromatic carbocycles. The van der Waals surface area contributed by atoms with Crippen LogP contribution in [0.3, 0.4) is 0 Å². The van der Waals surface area contributed by atoms with Gasteiger partial charge < -0.3 is 14.8 Å². The number of ether oxygens (including phenoxy) is 2. The molecule has 0 atom stereocenters. The summed E-state index contributed by atoms with van der Waals surface area (Å²) in [5.74, 6) is 0.728. The van der Waals surface area contributed by atoms with Gasteiger partial charge in [-0.15, -0.1) is 0 Å². The fourth-order valence-corrected chi connectivity index (χ4v) is 1.97. The van der Waals surface area contributed by atoms with Crippen LogP contribution in [0.25, 0.3) is 0 Å². The predicted octanol–water partition coefficient (Wildman–Crippen LogP) is 3.15. The lowest BCUT2D eigenvalue weighted by atomic mass is 10.2. The molecule has 1 amide bonds. The molecule has 1 aliphatic rings. The largest absolute Gasteiger partial charge is 0.488 e. The minimum absolute atomic E-state index is 0.200. The van der Waals surface area contributed by atoms with Gasteiger partial charge in [0.05, 0.1) is 5.69 Å². The van der Waals surface area contributed by atoms with Gasteiger partial charge in [-0.2, -0.15) is 0 Å². The van der Waals surface area contributed by atoms with Crippen LogP contribution in [0.2, 0.25) is 0 Å². The third-order valence-electron chi connectivity index (χ3n) is 2.62. The molecule has 2 N–H and O–H groups in total. The van der Waals surface area contributed by atoms with Crippen molar-refractivity contribution in [3.8, 4) is 5.75 Å². The van der Waals surface area contributed by atoms with Crippen LogP contribution in [0, 0.1) is 0 Å². The Morgan fingerprint density at radius 3 is 2.65 bits per heavy atom. The van der Waals surface area contributed by atoms with Crippen molar-refractivity contribution in [2.45, 2.75) is 32.5 Å². The van der Waals surface area contributed by atoms with E-state index in [0.717, 1.165) is 23.3 Å². The summed E-state index contributed by atoms with van der Waals surface area (Å²) in [6.45, 7) is 7.18. The standard InChI is InChI=1S/C14H19BrN2O3/c1-14(2,3)20-13(18)17-12-6-9(4-5-11(12)15)19-10-7-16-8-10/h4-6,10,16H,7-8H2,1-3H3,(H,17,18). The maximum Gasteiger partial charge on any atom is 0.412 e. The van der Waals surface area contributed by atoms with E-state index >= 15 is 0 Å². The number of rotatable bonds is 3. The van der Waals surface area contributed by atoms with Gasteiger partial charge in [-0.1, -0.05) is 0 Å². The lowest BCUT2D eigenvalue weighted by molar-refractivity contribution is 0.0636. The van der Waals surface area contributed by atoms with Crippen molar-refractivity contribution in [2.75, 3.05) is 18.4 Å². The molecule has 0 unspecified atom stereocenters. The average molecular weight is 343 g/mol. The van der Waals surface area contributed by atoms with Crippen molar-refractivity contribution in [2.24, 2.45) is 0 Å². The van der Waals surface area contributed by atoms with Crippen molar-refractivity contribution in [3.63, 3.8) is 0 Å². The van der Waals surface area contributed by atoms with Crippen molar-refractivity contribution in [1.29, 1.82) is 0 Å². The van der Waals surface area contributed by atoms with Crippen LogP contribution in [0.5, 0.6) is 5.75 Å². The molecular formula is C14H19BrN2O3. The highest BCUT2D eigenvalue weighted by atomic mass is 79.9. The van der Waals surface area contributed by atoms with Crippen LogP contribution in [0.1, 0.15) is 20.8 Å². The van der Waals surface area contributed by atoms with Gasteiger partial charge in [0.25, 0.3) is 0 Å². The monoisotopic (exact) mass is 342 g/mol. The number of halogens is 1. The molecule has 20 heavy (non-hydrogen) atoms. The number of hydrogen-bond donors (Lipinski definition) is 2.